The predicted octanol–water partition coefficient (Wildman–Crippen LogP) is 0.0160. The first-order chi connectivity index (χ1) is 8.71. The van der Waals surface area contributed by atoms with E-state index in [1.807, 2.05) is 0 Å². The molecule has 0 aliphatic rings. The molecule has 0 saturated heterocycles. The number of anilines is 2. The summed E-state index contributed by atoms with van der Waals surface area (Å²) >= 11 is 0. The third-order valence-corrected chi connectivity index (χ3v) is 2.02. The van der Waals surface area contributed by atoms with Crippen LogP contribution in [0.4, 0.5) is 11.9 Å². The van der Waals surface area contributed by atoms with Crippen molar-refractivity contribution in [3.8, 4) is 12.3 Å². The normalized spacial score (nSPS) is 11.4. The first kappa shape index (κ1) is 13.9. The van der Waals surface area contributed by atoms with Gasteiger partial charge in [-0.2, -0.15) is 9.97 Å². The van der Waals surface area contributed by atoms with E-state index in [-0.39, 0.29) is 6.17 Å². The SMILES string of the molecule is C#CC(NCC=C)Nc1ncnc(N(C)OC)n1. The van der Waals surface area contributed by atoms with E-state index >= 15 is 0 Å². The number of hydrogen-bond acceptors (Lipinski definition) is 7. The van der Waals surface area contributed by atoms with Crippen LogP contribution in [-0.4, -0.2) is 41.8 Å². The lowest BCUT2D eigenvalue weighted by molar-refractivity contribution is 0.180. The van der Waals surface area contributed by atoms with Crippen LogP contribution < -0.4 is 15.7 Å². The maximum Gasteiger partial charge on any atom is 0.254 e. The quantitative estimate of drug-likeness (QED) is 0.305. The van der Waals surface area contributed by atoms with Crippen molar-refractivity contribution in [2.45, 2.75) is 6.17 Å². The van der Waals surface area contributed by atoms with Crippen molar-refractivity contribution in [1.29, 1.82) is 0 Å². The Morgan fingerprint density at radius 3 is 3.06 bits per heavy atom. The van der Waals surface area contributed by atoms with Gasteiger partial charge in [-0.3, -0.25) is 10.2 Å². The summed E-state index contributed by atoms with van der Waals surface area (Å²) in [7, 11) is 3.21. The second-order valence-electron chi connectivity index (χ2n) is 3.23. The van der Waals surface area contributed by atoms with Crippen molar-refractivity contribution < 1.29 is 4.84 Å². The van der Waals surface area contributed by atoms with Gasteiger partial charge in [0.1, 0.15) is 12.5 Å². The molecule has 0 spiro atoms. The zero-order valence-corrected chi connectivity index (χ0v) is 10.4. The molecule has 2 N–H and O–H groups in total. The highest BCUT2D eigenvalue weighted by Crippen LogP contribution is 2.06. The van der Waals surface area contributed by atoms with Crippen LogP contribution in [0.5, 0.6) is 0 Å². The van der Waals surface area contributed by atoms with Gasteiger partial charge in [0.25, 0.3) is 5.95 Å². The topological polar surface area (TPSA) is 75.2 Å². The van der Waals surface area contributed by atoms with Gasteiger partial charge in [0.2, 0.25) is 5.95 Å². The smallest absolute Gasteiger partial charge is 0.254 e. The number of terminal acetylenes is 1. The van der Waals surface area contributed by atoms with Crippen LogP contribution in [0.25, 0.3) is 0 Å². The molecule has 1 unspecified atom stereocenters. The fourth-order valence-electron chi connectivity index (χ4n) is 1.07. The second kappa shape index (κ2) is 7.21. The summed E-state index contributed by atoms with van der Waals surface area (Å²) < 4.78 is 0. The highest BCUT2D eigenvalue weighted by atomic mass is 16.7. The van der Waals surface area contributed by atoms with Crippen molar-refractivity contribution in [1.82, 2.24) is 20.3 Å². The molecule has 1 atom stereocenters. The molecule has 96 valence electrons. The summed E-state index contributed by atoms with van der Waals surface area (Å²) in [6.45, 7) is 4.18. The molecule has 1 aromatic heterocycles. The highest BCUT2D eigenvalue weighted by molar-refractivity contribution is 5.35. The van der Waals surface area contributed by atoms with Crippen molar-refractivity contribution in [2.75, 3.05) is 31.1 Å². The van der Waals surface area contributed by atoms with E-state index in [0.717, 1.165) is 0 Å². The molecular formula is C11H16N6O. The third-order valence-electron chi connectivity index (χ3n) is 2.02. The molecule has 0 aliphatic carbocycles. The summed E-state index contributed by atoms with van der Waals surface area (Å²) in [5.41, 5.74) is 0. The third kappa shape index (κ3) is 4.01. The monoisotopic (exact) mass is 248 g/mol. The Balaban J connectivity index is 2.71. The van der Waals surface area contributed by atoms with Crippen molar-refractivity contribution in [3.63, 3.8) is 0 Å². The average Bonchev–Trinajstić information content (AvgIpc) is 2.42. The number of nitrogens with one attached hydrogen (secondary N) is 2. The number of aromatic nitrogens is 3. The van der Waals surface area contributed by atoms with Gasteiger partial charge in [-0.25, -0.2) is 10.0 Å². The minimum absolute atomic E-state index is 0.364. The summed E-state index contributed by atoms with van der Waals surface area (Å²) in [6.07, 6.45) is 8.07. The van der Waals surface area contributed by atoms with Crippen LogP contribution in [0.1, 0.15) is 0 Å². The zero-order chi connectivity index (χ0) is 13.4. The number of nitrogens with zero attached hydrogens (tertiary/aromatic N) is 4. The van der Waals surface area contributed by atoms with Gasteiger partial charge in [-0.05, 0) is 0 Å². The van der Waals surface area contributed by atoms with Crippen LogP contribution in [0.15, 0.2) is 19.0 Å². The summed E-state index contributed by atoms with van der Waals surface area (Å²) in [4.78, 5) is 17.0. The van der Waals surface area contributed by atoms with E-state index in [9.17, 15) is 0 Å². The van der Waals surface area contributed by atoms with Crippen molar-refractivity contribution in [3.05, 3.63) is 19.0 Å². The second-order valence-corrected chi connectivity index (χ2v) is 3.23. The highest BCUT2D eigenvalue weighted by Gasteiger charge is 2.08. The van der Waals surface area contributed by atoms with Crippen LogP contribution in [0, 0.1) is 12.3 Å². The first-order valence-corrected chi connectivity index (χ1v) is 5.25. The summed E-state index contributed by atoms with van der Waals surface area (Å²) in [5, 5.41) is 7.37. The fraction of sp³-hybridized carbons (Fsp3) is 0.364. The van der Waals surface area contributed by atoms with Gasteiger partial charge in [0.15, 0.2) is 0 Å². The molecule has 0 saturated carbocycles. The van der Waals surface area contributed by atoms with Gasteiger partial charge in [-0.1, -0.05) is 12.0 Å². The minimum Gasteiger partial charge on any atom is -0.328 e. The van der Waals surface area contributed by atoms with Crippen LogP contribution in [0.3, 0.4) is 0 Å². The number of hydroxylamine groups is 1. The molecule has 7 nitrogen and oxygen atoms in total. The van der Waals surface area contributed by atoms with Gasteiger partial charge in [0, 0.05) is 13.6 Å². The molecule has 1 heterocycles. The van der Waals surface area contributed by atoms with Crippen LogP contribution in [-0.2, 0) is 4.84 Å². The Bertz CT molecular complexity index is 430. The Kier molecular flexibility index (Phi) is 5.57. The molecule has 0 amide bonds. The summed E-state index contributed by atoms with van der Waals surface area (Å²) in [5.74, 6) is 3.28. The predicted molar refractivity (Wildman–Crippen MR) is 69.7 cm³/mol. The fourth-order valence-corrected chi connectivity index (χ4v) is 1.07. The molecule has 0 bridgehead atoms. The van der Waals surface area contributed by atoms with E-state index in [4.69, 9.17) is 11.3 Å². The van der Waals surface area contributed by atoms with Crippen molar-refractivity contribution in [2.24, 2.45) is 0 Å². The zero-order valence-electron chi connectivity index (χ0n) is 10.4. The summed E-state index contributed by atoms with van der Waals surface area (Å²) in [6, 6.07) is 0. The maximum absolute atomic E-state index is 5.37. The van der Waals surface area contributed by atoms with E-state index < -0.39 is 0 Å². The Morgan fingerprint density at radius 2 is 2.44 bits per heavy atom. The lowest BCUT2D eigenvalue weighted by Crippen LogP contribution is -2.35. The molecule has 0 radical (unpaired) electrons. The van der Waals surface area contributed by atoms with Gasteiger partial charge in [0.05, 0.1) is 7.11 Å². The molecular weight excluding hydrogens is 232 g/mol. The van der Waals surface area contributed by atoms with Gasteiger partial charge < -0.3 is 5.32 Å². The van der Waals surface area contributed by atoms with E-state index in [2.05, 4.69) is 38.1 Å². The van der Waals surface area contributed by atoms with Crippen molar-refractivity contribution >= 4 is 11.9 Å². The molecule has 0 aliphatic heterocycles. The Morgan fingerprint density at radius 1 is 1.67 bits per heavy atom. The molecule has 18 heavy (non-hydrogen) atoms. The van der Waals surface area contributed by atoms with E-state index in [0.29, 0.717) is 18.4 Å². The molecule has 0 aromatic carbocycles. The van der Waals surface area contributed by atoms with Crippen LogP contribution >= 0.6 is 0 Å². The standard InChI is InChI=1S/C11H16N6O/c1-5-7-12-9(6-2)15-10-13-8-14-11(16-10)17(3)18-4/h2,5,8-9,12H,1,7H2,3-4H3,(H,13,14,15,16). The molecule has 1 aromatic rings. The van der Waals surface area contributed by atoms with Crippen LogP contribution in [0.2, 0.25) is 0 Å². The lowest BCUT2D eigenvalue weighted by atomic mass is 10.4. The van der Waals surface area contributed by atoms with Gasteiger partial charge >= 0.3 is 0 Å². The van der Waals surface area contributed by atoms with E-state index in [1.54, 1.807) is 13.1 Å². The largest absolute Gasteiger partial charge is 0.328 e. The Labute approximate surface area is 106 Å². The number of rotatable bonds is 7. The average molecular weight is 248 g/mol. The Hall–Kier alpha value is -2.17. The first-order valence-electron chi connectivity index (χ1n) is 5.25. The molecule has 7 heteroatoms. The van der Waals surface area contributed by atoms with E-state index in [1.165, 1.54) is 18.5 Å². The number of hydrogen-bond donors (Lipinski definition) is 2. The van der Waals surface area contributed by atoms with Gasteiger partial charge in [-0.15, -0.1) is 13.0 Å². The molecule has 0 fully saturated rings. The lowest BCUT2D eigenvalue weighted by Gasteiger charge is -2.16. The molecule has 1 rings (SSSR count). The minimum atomic E-state index is -0.383. The maximum atomic E-state index is 5.37.